The number of hydrogen-bond donors (Lipinski definition) is 1. The van der Waals surface area contributed by atoms with E-state index in [1.165, 1.54) is 24.3 Å². The van der Waals surface area contributed by atoms with Crippen molar-refractivity contribution in [2.24, 2.45) is 0 Å². The molecule has 0 saturated heterocycles. The van der Waals surface area contributed by atoms with Crippen LogP contribution in [0.15, 0.2) is 78.9 Å². The molecule has 0 atom stereocenters. The molecule has 0 bridgehead atoms. The maximum Gasteiger partial charge on any atom is 0.256 e. The number of para-hydroxylation sites is 1. The number of fused-ring (bicyclic) bond motifs is 1. The number of anilines is 1. The second kappa shape index (κ2) is 7.17. The lowest BCUT2D eigenvalue weighted by Gasteiger charge is -2.11. The van der Waals surface area contributed by atoms with Crippen molar-refractivity contribution in [2.75, 3.05) is 5.32 Å². The van der Waals surface area contributed by atoms with E-state index in [2.05, 4.69) is 10.3 Å². The number of nitrogens with one attached hydrogen (secondary N) is 1. The molecule has 5 heteroatoms. The molecule has 0 saturated carbocycles. The Morgan fingerprint density at radius 2 is 1.63 bits per heavy atom. The van der Waals surface area contributed by atoms with Crippen LogP contribution in [0.25, 0.3) is 22.2 Å². The molecule has 0 unspecified atom stereocenters. The monoisotopic (exact) mass is 376 g/mol. The Bertz CT molecular complexity index is 1130. The minimum Gasteiger partial charge on any atom is -0.322 e. The van der Waals surface area contributed by atoms with Gasteiger partial charge in [-0.25, -0.2) is 9.37 Å². The summed E-state index contributed by atoms with van der Waals surface area (Å²) in [5.74, 6) is -0.636. The van der Waals surface area contributed by atoms with E-state index in [0.717, 1.165) is 10.9 Å². The minimum absolute atomic E-state index is 0.282. The maximum atomic E-state index is 13.1. The van der Waals surface area contributed by atoms with E-state index in [0.29, 0.717) is 27.5 Å². The van der Waals surface area contributed by atoms with Crippen molar-refractivity contribution in [1.29, 1.82) is 0 Å². The molecule has 1 aromatic heterocycles. The van der Waals surface area contributed by atoms with Gasteiger partial charge in [-0.3, -0.25) is 4.79 Å². The third-order valence-electron chi connectivity index (χ3n) is 4.20. The molecule has 1 amide bonds. The number of nitrogens with zero attached hydrogens (tertiary/aromatic N) is 1. The number of rotatable bonds is 3. The molecule has 4 rings (SSSR count). The van der Waals surface area contributed by atoms with E-state index in [1.807, 2.05) is 36.4 Å². The second-order valence-electron chi connectivity index (χ2n) is 6.04. The predicted molar refractivity (Wildman–Crippen MR) is 107 cm³/mol. The van der Waals surface area contributed by atoms with Gasteiger partial charge in [-0.2, -0.15) is 0 Å². The lowest BCUT2D eigenvalue weighted by Crippen LogP contribution is -2.13. The van der Waals surface area contributed by atoms with Gasteiger partial charge in [0.25, 0.3) is 5.91 Å². The van der Waals surface area contributed by atoms with Crippen molar-refractivity contribution >= 4 is 34.1 Å². The highest BCUT2D eigenvalue weighted by molar-refractivity contribution is 6.30. The first kappa shape index (κ1) is 17.2. The van der Waals surface area contributed by atoms with Gasteiger partial charge in [0.1, 0.15) is 5.82 Å². The lowest BCUT2D eigenvalue weighted by molar-refractivity contribution is 0.102. The first-order valence-electron chi connectivity index (χ1n) is 8.33. The normalized spacial score (nSPS) is 10.7. The fraction of sp³-hybridized carbons (Fsp3) is 0. The molecule has 27 heavy (non-hydrogen) atoms. The zero-order valence-electron chi connectivity index (χ0n) is 14.1. The minimum atomic E-state index is -0.354. The van der Waals surface area contributed by atoms with Crippen LogP contribution in [0.4, 0.5) is 10.1 Å². The van der Waals surface area contributed by atoms with E-state index in [1.54, 1.807) is 18.2 Å². The number of benzene rings is 3. The van der Waals surface area contributed by atoms with Crippen LogP contribution in [0.2, 0.25) is 5.02 Å². The average Bonchev–Trinajstić information content (AvgIpc) is 2.69. The van der Waals surface area contributed by atoms with Crippen LogP contribution in [0, 0.1) is 5.82 Å². The van der Waals surface area contributed by atoms with Gasteiger partial charge in [0.05, 0.1) is 16.8 Å². The van der Waals surface area contributed by atoms with Gasteiger partial charge in [0.2, 0.25) is 0 Å². The van der Waals surface area contributed by atoms with E-state index < -0.39 is 0 Å². The van der Waals surface area contributed by atoms with Crippen molar-refractivity contribution in [3.63, 3.8) is 0 Å². The number of halogens is 2. The lowest BCUT2D eigenvalue weighted by atomic mass is 10.0. The highest BCUT2D eigenvalue weighted by Crippen LogP contribution is 2.26. The van der Waals surface area contributed by atoms with Crippen LogP contribution in [0.3, 0.4) is 0 Å². The Kier molecular flexibility index (Phi) is 4.57. The zero-order valence-corrected chi connectivity index (χ0v) is 14.9. The van der Waals surface area contributed by atoms with Gasteiger partial charge in [0, 0.05) is 21.7 Å². The molecule has 0 aliphatic carbocycles. The summed E-state index contributed by atoms with van der Waals surface area (Å²) in [7, 11) is 0. The van der Waals surface area contributed by atoms with Crippen LogP contribution < -0.4 is 5.32 Å². The van der Waals surface area contributed by atoms with Crippen LogP contribution in [-0.4, -0.2) is 10.9 Å². The number of pyridine rings is 1. The molecule has 0 fully saturated rings. The standard InChI is InChI=1S/C22H14ClFN2O/c23-15-7-5-14(6-8-15)21-13-19(18-3-1-2-4-20(18)26-21)22(27)25-17-11-9-16(24)10-12-17/h1-13H,(H,25,27). The third kappa shape index (κ3) is 3.66. The van der Waals surface area contributed by atoms with Gasteiger partial charge >= 0.3 is 0 Å². The van der Waals surface area contributed by atoms with E-state index >= 15 is 0 Å². The molecule has 1 N–H and O–H groups in total. The fourth-order valence-corrected chi connectivity index (χ4v) is 2.99. The van der Waals surface area contributed by atoms with Crippen molar-refractivity contribution < 1.29 is 9.18 Å². The number of carbonyl (C=O) groups excluding carboxylic acids is 1. The first-order valence-corrected chi connectivity index (χ1v) is 8.70. The molecular formula is C22H14ClFN2O. The molecule has 1 heterocycles. The summed E-state index contributed by atoms with van der Waals surface area (Å²) in [6.45, 7) is 0. The largest absolute Gasteiger partial charge is 0.322 e. The highest BCUT2D eigenvalue weighted by Gasteiger charge is 2.14. The average molecular weight is 377 g/mol. The van der Waals surface area contributed by atoms with Crippen LogP contribution >= 0.6 is 11.6 Å². The number of hydrogen-bond acceptors (Lipinski definition) is 2. The summed E-state index contributed by atoms with van der Waals surface area (Å²) >= 11 is 5.97. The molecule has 3 nitrogen and oxygen atoms in total. The van der Waals surface area contributed by atoms with Gasteiger partial charge in [-0.15, -0.1) is 0 Å². The predicted octanol–water partition coefficient (Wildman–Crippen LogP) is 5.95. The summed E-state index contributed by atoms with van der Waals surface area (Å²) < 4.78 is 13.1. The number of aromatic nitrogens is 1. The number of carbonyl (C=O) groups is 1. The van der Waals surface area contributed by atoms with Crippen molar-refractivity contribution in [3.05, 3.63) is 95.3 Å². The first-order chi connectivity index (χ1) is 13.1. The molecule has 132 valence electrons. The quantitative estimate of drug-likeness (QED) is 0.480. The zero-order chi connectivity index (χ0) is 18.8. The van der Waals surface area contributed by atoms with Gasteiger partial charge < -0.3 is 5.32 Å². The van der Waals surface area contributed by atoms with Gasteiger partial charge in [-0.05, 0) is 48.5 Å². The highest BCUT2D eigenvalue weighted by atomic mass is 35.5. The summed E-state index contributed by atoms with van der Waals surface area (Å²) in [6, 6.07) is 22.2. The van der Waals surface area contributed by atoms with Crippen molar-refractivity contribution in [2.45, 2.75) is 0 Å². The number of amides is 1. The Labute approximate surface area is 160 Å². The molecule has 0 aliphatic heterocycles. The molecular weight excluding hydrogens is 363 g/mol. The van der Waals surface area contributed by atoms with Crippen LogP contribution in [0.5, 0.6) is 0 Å². The third-order valence-corrected chi connectivity index (χ3v) is 4.45. The van der Waals surface area contributed by atoms with Gasteiger partial charge in [-0.1, -0.05) is 41.9 Å². The van der Waals surface area contributed by atoms with E-state index in [9.17, 15) is 9.18 Å². The molecule has 0 aliphatic rings. The summed E-state index contributed by atoms with van der Waals surface area (Å²) in [6.07, 6.45) is 0. The van der Waals surface area contributed by atoms with Crippen LogP contribution in [0.1, 0.15) is 10.4 Å². The van der Waals surface area contributed by atoms with E-state index in [4.69, 9.17) is 11.6 Å². The Hall–Kier alpha value is -3.24. The SMILES string of the molecule is O=C(Nc1ccc(F)cc1)c1cc(-c2ccc(Cl)cc2)nc2ccccc12. The second-order valence-corrected chi connectivity index (χ2v) is 6.48. The summed E-state index contributed by atoms with van der Waals surface area (Å²) in [5, 5.41) is 4.19. The Morgan fingerprint density at radius 1 is 0.926 bits per heavy atom. The van der Waals surface area contributed by atoms with E-state index in [-0.39, 0.29) is 11.7 Å². The maximum absolute atomic E-state index is 13.1. The smallest absolute Gasteiger partial charge is 0.256 e. The molecule has 0 spiro atoms. The summed E-state index contributed by atoms with van der Waals surface area (Å²) in [4.78, 5) is 17.6. The Morgan fingerprint density at radius 3 is 2.37 bits per heavy atom. The topological polar surface area (TPSA) is 42.0 Å². The fourth-order valence-electron chi connectivity index (χ4n) is 2.86. The molecule has 3 aromatic carbocycles. The van der Waals surface area contributed by atoms with Crippen molar-refractivity contribution in [1.82, 2.24) is 4.98 Å². The van der Waals surface area contributed by atoms with Gasteiger partial charge in [0.15, 0.2) is 0 Å². The molecule has 4 aromatic rings. The Balaban J connectivity index is 1.79. The molecule has 0 radical (unpaired) electrons. The van der Waals surface area contributed by atoms with Crippen LogP contribution in [-0.2, 0) is 0 Å². The summed E-state index contributed by atoms with van der Waals surface area (Å²) in [5.41, 5.74) is 3.27. The van der Waals surface area contributed by atoms with Crippen molar-refractivity contribution in [3.8, 4) is 11.3 Å².